The van der Waals surface area contributed by atoms with Crippen molar-refractivity contribution in [1.29, 1.82) is 0 Å². The average molecular weight is 292 g/mol. The second-order valence-corrected chi connectivity index (χ2v) is 3.79. The normalized spacial score (nSPS) is 30.8. The highest BCUT2D eigenvalue weighted by atomic mass is 16.8. The predicted octanol–water partition coefficient (Wildman–Crippen LogP) is 0.181. The van der Waals surface area contributed by atoms with E-state index in [0.717, 1.165) is 14.2 Å². The van der Waals surface area contributed by atoms with E-state index in [1.807, 2.05) is 0 Å². The summed E-state index contributed by atoms with van der Waals surface area (Å²) in [6.07, 6.45) is -6.72. The lowest BCUT2D eigenvalue weighted by molar-refractivity contribution is -0.153. The smallest absolute Gasteiger partial charge is 0.438 e. The summed E-state index contributed by atoms with van der Waals surface area (Å²) < 4.78 is 33.0. The van der Waals surface area contributed by atoms with Crippen LogP contribution in [0, 0.1) is 0 Å². The van der Waals surface area contributed by atoms with Crippen LogP contribution in [0.2, 0.25) is 0 Å². The summed E-state index contributed by atoms with van der Waals surface area (Å²) >= 11 is 0. The summed E-state index contributed by atoms with van der Waals surface area (Å²) in [5.41, 5.74) is 0. The van der Waals surface area contributed by atoms with Crippen molar-refractivity contribution in [1.82, 2.24) is 0 Å². The number of ether oxygens (including phenoxy) is 7. The van der Waals surface area contributed by atoms with Gasteiger partial charge in [0.1, 0.15) is 12.7 Å². The van der Waals surface area contributed by atoms with E-state index < -0.39 is 43.1 Å². The van der Waals surface area contributed by atoms with Gasteiger partial charge in [0.05, 0.1) is 14.2 Å². The zero-order valence-electron chi connectivity index (χ0n) is 10.6. The second-order valence-electron chi connectivity index (χ2n) is 3.79. The Morgan fingerprint density at radius 1 is 1.10 bits per heavy atom. The summed E-state index contributed by atoms with van der Waals surface area (Å²) in [6, 6.07) is 0. The Bertz CT molecular complexity index is 407. The van der Waals surface area contributed by atoms with Gasteiger partial charge >= 0.3 is 18.5 Å². The first-order valence-electron chi connectivity index (χ1n) is 5.53. The molecule has 0 amide bonds. The second kappa shape index (κ2) is 5.82. The van der Waals surface area contributed by atoms with Crippen LogP contribution in [0.25, 0.3) is 0 Å². The molecular weight excluding hydrogens is 280 g/mol. The van der Waals surface area contributed by atoms with E-state index in [1.54, 1.807) is 0 Å². The van der Waals surface area contributed by atoms with Gasteiger partial charge in [0.2, 0.25) is 12.4 Å². The highest BCUT2D eigenvalue weighted by Crippen LogP contribution is 2.33. The number of methoxy groups -OCH3 is 2. The zero-order valence-corrected chi connectivity index (χ0v) is 10.6. The van der Waals surface area contributed by atoms with E-state index in [1.165, 1.54) is 0 Å². The molecule has 2 aliphatic rings. The molecular formula is C10H12O10. The third kappa shape index (κ3) is 2.85. The molecule has 20 heavy (non-hydrogen) atoms. The lowest BCUT2D eigenvalue weighted by atomic mass is 10.1. The molecule has 0 aliphatic carbocycles. The molecule has 10 heteroatoms. The molecule has 0 bridgehead atoms. The molecule has 0 aromatic rings. The maximum Gasteiger partial charge on any atom is 0.510 e. The predicted molar refractivity (Wildman–Crippen MR) is 55.7 cm³/mol. The van der Waals surface area contributed by atoms with Crippen molar-refractivity contribution in [3.05, 3.63) is 0 Å². The number of fused-ring (bicyclic) bond motifs is 1. The van der Waals surface area contributed by atoms with Gasteiger partial charge < -0.3 is 33.2 Å². The Morgan fingerprint density at radius 3 is 2.40 bits per heavy atom. The van der Waals surface area contributed by atoms with Crippen LogP contribution in [0.5, 0.6) is 0 Å². The first-order chi connectivity index (χ1) is 9.55. The number of carbonyl (C=O) groups is 3. The molecule has 2 fully saturated rings. The van der Waals surface area contributed by atoms with Crippen LogP contribution in [0.4, 0.5) is 14.4 Å². The maximum atomic E-state index is 11.1. The zero-order chi connectivity index (χ0) is 14.7. The van der Waals surface area contributed by atoms with E-state index in [4.69, 9.17) is 23.7 Å². The van der Waals surface area contributed by atoms with Crippen LogP contribution in [-0.2, 0) is 33.2 Å². The Labute approximate surface area is 112 Å². The third-order valence-corrected chi connectivity index (χ3v) is 2.64. The summed E-state index contributed by atoms with van der Waals surface area (Å²) in [7, 11) is 2.26. The van der Waals surface area contributed by atoms with E-state index in [2.05, 4.69) is 9.47 Å². The van der Waals surface area contributed by atoms with E-state index in [9.17, 15) is 14.4 Å². The fourth-order valence-electron chi connectivity index (χ4n) is 1.79. The molecule has 10 nitrogen and oxygen atoms in total. The van der Waals surface area contributed by atoms with Crippen molar-refractivity contribution in [2.45, 2.75) is 24.6 Å². The fourth-order valence-corrected chi connectivity index (χ4v) is 1.79. The van der Waals surface area contributed by atoms with E-state index in [-0.39, 0.29) is 6.61 Å². The van der Waals surface area contributed by atoms with Gasteiger partial charge in [0.15, 0.2) is 6.10 Å². The fraction of sp³-hybridized carbons (Fsp3) is 0.700. The summed E-state index contributed by atoms with van der Waals surface area (Å²) in [6.45, 7) is -0.258. The van der Waals surface area contributed by atoms with Gasteiger partial charge in [-0.05, 0) is 0 Å². The topological polar surface area (TPSA) is 116 Å². The van der Waals surface area contributed by atoms with Crippen LogP contribution >= 0.6 is 0 Å². The van der Waals surface area contributed by atoms with E-state index >= 15 is 0 Å². The van der Waals surface area contributed by atoms with Crippen LogP contribution in [-0.4, -0.2) is 63.9 Å². The minimum atomic E-state index is -1.20. The van der Waals surface area contributed by atoms with Crippen LogP contribution in [0.15, 0.2) is 0 Å². The van der Waals surface area contributed by atoms with Crippen molar-refractivity contribution in [2.75, 3.05) is 20.8 Å². The van der Waals surface area contributed by atoms with Crippen LogP contribution < -0.4 is 0 Å². The monoisotopic (exact) mass is 292 g/mol. The van der Waals surface area contributed by atoms with Crippen molar-refractivity contribution in [3.8, 4) is 0 Å². The Kier molecular flexibility index (Phi) is 4.13. The summed E-state index contributed by atoms with van der Waals surface area (Å²) in [4.78, 5) is 33.0. The van der Waals surface area contributed by atoms with E-state index in [0.29, 0.717) is 0 Å². The molecule has 0 saturated carbocycles. The molecule has 112 valence electrons. The Balaban J connectivity index is 1.98. The SMILES string of the molecule is COC(=O)OC[C@@H]1O[C@@H](OC(=O)OC)[C@H]2OC(=O)O[C@H]21. The number of carbonyl (C=O) groups excluding carboxylic acids is 3. The van der Waals surface area contributed by atoms with Gasteiger partial charge in [-0.25, -0.2) is 14.4 Å². The van der Waals surface area contributed by atoms with Gasteiger partial charge in [0.25, 0.3) is 0 Å². The van der Waals surface area contributed by atoms with Gasteiger partial charge in [-0.3, -0.25) is 0 Å². The van der Waals surface area contributed by atoms with Crippen molar-refractivity contribution in [3.63, 3.8) is 0 Å². The number of rotatable bonds is 3. The molecule has 0 spiro atoms. The first kappa shape index (κ1) is 14.2. The molecule has 4 atom stereocenters. The number of hydrogen-bond donors (Lipinski definition) is 0. The molecule has 0 N–H and O–H groups in total. The molecule has 2 aliphatic heterocycles. The minimum Gasteiger partial charge on any atom is -0.438 e. The summed E-state index contributed by atoms with van der Waals surface area (Å²) in [5, 5.41) is 0. The molecule has 0 unspecified atom stereocenters. The van der Waals surface area contributed by atoms with Crippen LogP contribution in [0.3, 0.4) is 0 Å². The molecule has 2 rings (SSSR count). The minimum absolute atomic E-state index is 0.258. The van der Waals surface area contributed by atoms with Crippen molar-refractivity contribution in [2.24, 2.45) is 0 Å². The van der Waals surface area contributed by atoms with Crippen molar-refractivity contribution >= 4 is 18.5 Å². The molecule has 2 heterocycles. The van der Waals surface area contributed by atoms with Crippen LogP contribution in [0.1, 0.15) is 0 Å². The molecule has 0 aromatic heterocycles. The van der Waals surface area contributed by atoms with Gasteiger partial charge in [0, 0.05) is 0 Å². The van der Waals surface area contributed by atoms with Gasteiger partial charge in [-0.2, -0.15) is 0 Å². The quantitative estimate of drug-likeness (QED) is 0.526. The number of hydrogen-bond acceptors (Lipinski definition) is 10. The third-order valence-electron chi connectivity index (χ3n) is 2.64. The maximum absolute atomic E-state index is 11.1. The molecule has 0 aromatic carbocycles. The molecule has 2 saturated heterocycles. The molecule has 0 radical (unpaired) electrons. The van der Waals surface area contributed by atoms with Crippen molar-refractivity contribution < 1.29 is 47.5 Å². The largest absolute Gasteiger partial charge is 0.510 e. The first-order valence-corrected chi connectivity index (χ1v) is 5.53. The average Bonchev–Trinajstić information content (AvgIpc) is 2.95. The lowest BCUT2D eigenvalue weighted by Gasteiger charge is -2.15. The van der Waals surface area contributed by atoms with Gasteiger partial charge in [-0.1, -0.05) is 0 Å². The summed E-state index contributed by atoms with van der Waals surface area (Å²) in [5.74, 6) is 0. The Hall–Kier alpha value is -2.23. The standard InChI is InChI=1S/C10H12O10/c1-14-8(11)16-3-4-5-6(19-10(13)18-5)7(17-4)20-9(12)15-2/h4-7H,3H2,1-2H3/t4-,5-,6-,7-/m0/s1. The lowest BCUT2D eigenvalue weighted by Crippen LogP contribution is -2.33. The highest BCUT2D eigenvalue weighted by molar-refractivity contribution is 5.64. The Morgan fingerprint density at radius 2 is 1.75 bits per heavy atom. The van der Waals surface area contributed by atoms with Gasteiger partial charge in [-0.15, -0.1) is 0 Å². The highest BCUT2D eigenvalue weighted by Gasteiger charge is 2.56.